The number of hydrogen-bond donors (Lipinski definition) is 2. The molecule has 0 spiro atoms. The number of piperidine rings is 1. The first-order valence-corrected chi connectivity index (χ1v) is 9.12. The maximum atomic E-state index is 12.9. The van der Waals surface area contributed by atoms with E-state index in [1.807, 2.05) is 20.8 Å². The Balaban J connectivity index is 0.00000288. The standard InChI is InChI=1S/C16H25N3O3S.ClH/c1-11-5-6-13(9-14(11)18-12(2)20)23(21,22)19-8-7-15(17)16(3,4)10-19;/h5-6,9,15H,7-8,10,17H2,1-4H3,(H,18,20);1H. The van der Waals surface area contributed by atoms with Gasteiger partial charge in [0.15, 0.2) is 0 Å². The van der Waals surface area contributed by atoms with Gasteiger partial charge in [-0.15, -0.1) is 12.4 Å². The molecular formula is C16H26ClN3O3S. The Morgan fingerprint density at radius 3 is 2.54 bits per heavy atom. The van der Waals surface area contributed by atoms with Gasteiger partial charge in [0, 0.05) is 31.7 Å². The number of nitrogens with zero attached hydrogens (tertiary/aromatic N) is 1. The number of sulfonamides is 1. The van der Waals surface area contributed by atoms with Crippen molar-refractivity contribution >= 4 is 34.0 Å². The van der Waals surface area contributed by atoms with Crippen LogP contribution in [-0.4, -0.2) is 37.8 Å². The minimum Gasteiger partial charge on any atom is -0.327 e. The molecule has 8 heteroatoms. The number of benzene rings is 1. The Kier molecular flexibility index (Phi) is 6.43. The maximum absolute atomic E-state index is 12.9. The molecule has 1 saturated heterocycles. The molecule has 1 fully saturated rings. The van der Waals surface area contributed by atoms with Crippen molar-refractivity contribution in [1.29, 1.82) is 0 Å². The van der Waals surface area contributed by atoms with Crippen LogP contribution in [0.3, 0.4) is 0 Å². The van der Waals surface area contributed by atoms with Gasteiger partial charge >= 0.3 is 0 Å². The fourth-order valence-corrected chi connectivity index (χ4v) is 4.42. The highest BCUT2D eigenvalue weighted by Crippen LogP contribution is 2.32. The van der Waals surface area contributed by atoms with Crippen molar-refractivity contribution in [3.63, 3.8) is 0 Å². The summed E-state index contributed by atoms with van der Waals surface area (Å²) in [5.41, 5.74) is 7.16. The van der Waals surface area contributed by atoms with Gasteiger partial charge in [0.05, 0.1) is 4.90 Å². The number of rotatable bonds is 3. The third-order valence-corrected chi connectivity index (χ3v) is 6.28. The van der Waals surface area contributed by atoms with Crippen LogP contribution in [0.1, 0.15) is 32.8 Å². The monoisotopic (exact) mass is 375 g/mol. The lowest BCUT2D eigenvalue weighted by atomic mass is 9.81. The third-order valence-electron chi connectivity index (χ3n) is 4.43. The maximum Gasteiger partial charge on any atom is 0.243 e. The summed E-state index contributed by atoms with van der Waals surface area (Å²) in [6, 6.07) is 4.80. The molecule has 2 rings (SSSR count). The molecule has 1 aliphatic rings. The molecule has 24 heavy (non-hydrogen) atoms. The van der Waals surface area contributed by atoms with E-state index < -0.39 is 10.0 Å². The van der Waals surface area contributed by atoms with Gasteiger partial charge in [0.1, 0.15) is 0 Å². The van der Waals surface area contributed by atoms with Crippen molar-refractivity contribution < 1.29 is 13.2 Å². The van der Waals surface area contributed by atoms with Gasteiger partial charge in [0.2, 0.25) is 15.9 Å². The second-order valence-electron chi connectivity index (χ2n) is 6.88. The van der Waals surface area contributed by atoms with Gasteiger partial charge in [-0.3, -0.25) is 4.79 Å². The molecule has 1 aliphatic heterocycles. The first-order valence-electron chi connectivity index (χ1n) is 7.68. The normalized spacial score (nSPS) is 21.0. The predicted octanol–water partition coefficient (Wildman–Crippen LogP) is 2.12. The van der Waals surface area contributed by atoms with Crippen molar-refractivity contribution in [2.24, 2.45) is 11.1 Å². The zero-order valence-electron chi connectivity index (χ0n) is 14.5. The third kappa shape index (κ3) is 4.27. The van der Waals surface area contributed by atoms with Gasteiger partial charge in [-0.1, -0.05) is 19.9 Å². The van der Waals surface area contributed by atoms with Crippen molar-refractivity contribution in [3.8, 4) is 0 Å². The fourth-order valence-electron chi connectivity index (χ4n) is 2.76. The zero-order chi connectivity index (χ0) is 17.4. The van der Waals surface area contributed by atoms with E-state index in [1.165, 1.54) is 17.3 Å². The van der Waals surface area contributed by atoms with Gasteiger partial charge in [0.25, 0.3) is 0 Å². The van der Waals surface area contributed by atoms with Crippen LogP contribution in [0.5, 0.6) is 0 Å². The Bertz CT molecular complexity index is 719. The van der Waals surface area contributed by atoms with Gasteiger partial charge in [-0.25, -0.2) is 8.42 Å². The van der Waals surface area contributed by atoms with Gasteiger partial charge in [-0.2, -0.15) is 4.31 Å². The van der Waals surface area contributed by atoms with Crippen molar-refractivity contribution in [3.05, 3.63) is 23.8 Å². The molecule has 3 N–H and O–H groups in total. The number of anilines is 1. The summed E-state index contributed by atoms with van der Waals surface area (Å²) < 4.78 is 27.3. The topological polar surface area (TPSA) is 92.5 Å². The number of nitrogens with one attached hydrogen (secondary N) is 1. The highest BCUT2D eigenvalue weighted by Gasteiger charge is 2.38. The molecule has 0 aromatic heterocycles. The molecule has 0 radical (unpaired) electrons. The number of carbonyl (C=O) groups excluding carboxylic acids is 1. The Hall–Kier alpha value is -1.15. The van der Waals surface area contributed by atoms with Gasteiger partial charge < -0.3 is 11.1 Å². The SMILES string of the molecule is CC(=O)Nc1cc(S(=O)(=O)N2CCC(N)C(C)(C)C2)ccc1C.Cl. The number of halogens is 1. The van der Waals surface area contributed by atoms with Crippen LogP contribution in [0.4, 0.5) is 5.69 Å². The minimum absolute atomic E-state index is 0. The molecule has 1 atom stereocenters. The largest absolute Gasteiger partial charge is 0.327 e. The lowest BCUT2D eigenvalue weighted by Crippen LogP contribution is -2.53. The summed E-state index contributed by atoms with van der Waals surface area (Å²) >= 11 is 0. The van der Waals surface area contributed by atoms with Gasteiger partial charge in [-0.05, 0) is 36.5 Å². The second kappa shape index (κ2) is 7.39. The fraction of sp³-hybridized carbons (Fsp3) is 0.562. The number of nitrogens with two attached hydrogens (primary N) is 1. The summed E-state index contributed by atoms with van der Waals surface area (Å²) in [6.45, 7) is 7.99. The number of amides is 1. The molecule has 1 amide bonds. The van der Waals surface area contributed by atoms with E-state index in [4.69, 9.17) is 5.73 Å². The van der Waals surface area contributed by atoms with Crippen LogP contribution >= 0.6 is 12.4 Å². The first kappa shape index (κ1) is 20.9. The lowest BCUT2D eigenvalue weighted by molar-refractivity contribution is -0.114. The molecule has 1 aromatic rings. The molecule has 0 saturated carbocycles. The smallest absolute Gasteiger partial charge is 0.243 e. The number of hydrogen-bond acceptors (Lipinski definition) is 4. The highest BCUT2D eigenvalue weighted by atomic mass is 35.5. The van der Waals surface area contributed by atoms with E-state index in [0.29, 0.717) is 25.2 Å². The Morgan fingerprint density at radius 1 is 1.38 bits per heavy atom. The van der Waals surface area contributed by atoms with Crippen LogP contribution < -0.4 is 11.1 Å². The van der Waals surface area contributed by atoms with E-state index in [-0.39, 0.29) is 34.7 Å². The molecule has 1 aromatic carbocycles. The molecule has 0 aliphatic carbocycles. The molecule has 6 nitrogen and oxygen atoms in total. The number of carbonyl (C=O) groups is 1. The summed E-state index contributed by atoms with van der Waals surface area (Å²) in [5, 5.41) is 2.67. The summed E-state index contributed by atoms with van der Waals surface area (Å²) in [6.07, 6.45) is 0.636. The first-order chi connectivity index (χ1) is 10.5. The molecule has 1 heterocycles. The van der Waals surface area contributed by atoms with Crippen molar-refractivity contribution in [2.45, 2.75) is 45.1 Å². The van der Waals surface area contributed by atoms with Crippen LogP contribution in [0.15, 0.2) is 23.1 Å². The quantitative estimate of drug-likeness (QED) is 0.846. The second-order valence-corrected chi connectivity index (χ2v) is 8.82. The summed E-state index contributed by atoms with van der Waals surface area (Å²) in [5.74, 6) is -0.229. The van der Waals surface area contributed by atoms with E-state index >= 15 is 0 Å². The molecule has 136 valence electrons. The van der Waals surface area contributed by atoms with Crippen molar-refractivity contribution in [1.82, 2.24) is 4.31 Å². The van der Waals surface area contributed by atoms with E-state index in [1.54, 1.807) is 12.1 Å². The van der Waals surface area contributed by atoms with Crippen LogP contribution in [-0.2, 0) is 14.8 Å². The van der Waals surface area contributed by atoms with E-state index in [9.17, 15) is 13.2 Å². The average Bonchev–Trinajstić information content (AvgIpc) is 2.43. The molecule has 1 unspecified atom stereocenters. The Labute approximate surface area is 150 Å². The van der Waals surface area contributed by atoms with Crippen LogP contribution in [0.25, 0.3) is 0 Å². The Morgan fingerprint density at radius 2 is 2.00 bits per heavy atom. The average molecular weight is 376 g/mol. The van der Waals surface area contributed by atoms with Crippen LogP contribution in [0, 0.1) is 12.3 Å². The van der Waals surface area contributed by atoms with E-state index in [0.717, 1.165) is 5.56 Å². The summed E-state index contributed by atoms with van der Waals surface area (Å²) in [7, 11) is -3.61. The predicted molar refractivity (Wildman–Crippen MR) is 97.9 cm³/mol. The van der Waals surface area contributed by atoms with Crippen molar-refractivity contribution in [2.75, 3.05) is 18.4 Å². The molecular weight excluding hydrogens is 350 g/mol. The zero-order valence-corrected chi connectivity index (χ0v) is 16.1. The lowest BCUT2D eigenvalue weighted by Gasteiger charge is -2.41. The van der Waals surface area contributed by atoms with E-state index in [2.05, 4.69) is 5.32 Å². The van der Waals surface area contributed by atoms with Crippen LogP contribution in [0.2, 0.25) is 0 Å². The molecule has 0 bridgehead atoms. The number of aryl methyl sites for hydroxylation is 1. The summed E-state index contributed by atoms with van der Waals surface area (Å²) in [4.78, 5) is 11.5. The highest BCUT2D eigenvalue weighted by molar-refractivity contribution is 7.89. The minimum atomic E-state index is -3.61.